The molecule has 3 aromatic carbocycles. The van der Waals surface area contributed by atoms with Crippen LogP contribution in [0.1, 0.15) is 34.5 Å². The third kappa shape index (κ3) is 5.05. The highest BCUT2D eigenvalue weighted by Gasteiger charge is 2.08. The summed E-state index contributed by atoms with van der Waals surface area (Å²) in [5.41, 5.74) is 2.58. The number of hydrogen-bond donors (Lipinski definition) is 0. The van der Waals surface area contributed by atoms with Gasteiger partial charge in [-0.15, -0.1) is 0 Å². The summed E-state index contributed by atoms with van der Waals surface area (Å²) in [4.78, 5) is 16.8. The molecule has 3 aromatic rings. The molecule has 0 aromatic heterocycles. The average Bonchev–Trinajstić information content (AvgIpc) is 2.73. The van der Waals surface area contributed by atoms with Crippen molar-refractivity contribution < 1.29 is 14.3 Å². The van der Waals surface area contributed by atoms with Crippen LogP contribution in [0.3, 0.4) is 0 Å². The first-order valence-corrected chi connectivity index (χ1v) is 8.70. The molecule has 0 saturated carbocycles. The molecule has 0 aliphatic carbocycles. The fourth-order valence-corrected chi connectivity index (χ4v) is 2.53. The van der Waals surface area contributed by atoms with E-state index < -0.39 is 5.97 Å². The Morgan fingerprint density at radius 3 is 2.15 bits per heavy atom. The fourth-order valence-electron chi connectivity index (χ4n) is 2.53. The molecule has 136 valence electrons. The minimum absolute atomic E-state index is 0.0822. The van der Waals surface area contributed by atoms with Gasteiger partial charge in [0.25, 0.3) is 0 Å². The molecule has 0 heterocycles. The molecule has 0 spiro atoms. The summed E-state index contributed by atoms with van der Waals surface area (Å²) in [6.45, 7) is 2.05. The highest BCUT2D eigenvalue weighted by atomic mass is 16.5. The SMILES string of the molecule is COc1ccc(C(=O)Oc2ccc(C=NC(C)c3ccccc3)cc2)cc1. The lowest BCUT2D eigenvalue weighted by Gasteiger charge is -2.07. The smallest absolute Gasteiger partial charge is 0.343 e. The van der Waals surface area contributed by atoms with Gasteiger partial charge < -0.3 is 9.47 Å². The van der Waals surface area contributed by atoms with Gasteiger partial charge in [0.2, 0.25) is 0 Å². The number of carbonyl (C=O) groups is 1. The van der Waals surface area contributed by atoms with Crippen molar-refractivity contribution in [2.24, 2.45) is 4.99 Å². The fraction of sp³-hybridized carbons (Fsp3) is 0.130. The van der Waals surface area contributed by atoms with E-state index in [9.17, 15) is 4.79 Å². The predicted molar refractivity (Wildman–Crippen MR) is 107 cm³/mol. The lowest BCUT2D eigenvalue weighted by atomic mass is 10.1. The number of esters is 1. The van der Waals surface area contributed by atoms with E-state index in [1.165, 1.54) is 5.56 Å². The van der Waals surface area contributed by atoms with Gasteiger partial charge in [0, 0.05) is 6.21 Å². The van der Waals surface area contributed by atoms with Crippen LogP contribution in [0.25, 0.3) is 0 Å². The van der Waals surface area contributed by atoms with E-state index in [0.29, 0.717) is 17.1 Å². The van der Waals surface area contributed by atoms with Gasteiger partial charge in [0.1, 0.15) is 11.5 Å². The van der Waals surface area contributed by atoms with Crippen LogP contribution in [0.2, 0.25) is 0 Å². The number of ether oxygens (including phenoxy) is 2. The molecule has 4 heteroatoms. The standard InChI is InChI=1S/C23H21NO3/c1-17(19-6-4-3-5-7-19)24-16-18-8-12-22(13-9-18)27-23(25)20-10-14-21(26-2)15-11-20/h3-17H,1-2H3. The Hall–Kier alpha value is -3.40. The van der Waals surface area contributed by atoms with Gasteiger partial charge in [-0.25, -0.2) is 4.79 Å². The maximum atomic E-state index is 12.2. The first kappa shape index (κ1) is 18.4. The second-order valence-corrected chi connectivity index (χ2v) is 6.05. The quantitative estimate of drug-likeness (QED) is 0.350. The van der Waals surface area contributed by atoms with Crippen molar-refractivity contribution in [2.75, 3.05) is 7.11 Å². The van der Waals surface area contributed by atoms with Crippen molar-refractivity contribution in [1.82, 2.24) is 0 Å². The number of benzene rings is 3. The van der Waals surface area contributed by atoms with Crippen molar-refractivity contribution in [3.63, 3.8) is 0 Å². The van der Waals surface area contributed by atoms with Crippen LogP contribution >= 0.6 is 0 Å². The molecular weight excluding hydrogens is 338 g/mol. The summed E-state index contributed by atoms with van der Waals surface area (Å²) in [5, 5.41) is 0. The summed E-state index contributed by atoms with van der Waals surface area (Å²) in [6, 6.07) is 24.3. The molecule has 27 heavy (non-hydrogen) atoms. The van der Waals surface area contributed by atoms with E-state index in [1.807, 2.05) is 36.5 Å². The number of hydrogen-bond acceptors (Lipinski definition) is 4. The highest BCUT2D eigenvalue weighted by Crippen LogP contribution is 2.18. The van der Waals surface area contributed by atoms with Crippen LogP contribution in [0.4, 0.5) is 0 Å². The Labute approximate surface area is 159 Å². The topological polar surface area (TPSA) is 47.9 Å². The molecule has 1 atom stereocenters. The first-order valence-electron chi connectivity index (χ1n) is 8.70. The lowest BCUT2D eigenvalue weighted by molar-refractivity contribution is 0.0734. The number of carbonyl (C=O) groups excluding carboxylic acids is 1. The molecule has 0 N–H and O–H groups in total. The zero-order valence-corrected chi connectivity index (χ0v) is 15.3. The normalized spacial score (nSPS) is 11.9. The van der Waals surface area contributed by atoms with Crippen LogP contribution in [0.5, 0.6) is 11.5 Å². The number of aliphatic imine (C=N–C) groups is 1. The Morgan fingerprint density at radius 2 is 1.52 bits per heavy atom. The number of methoxy groups -OCH3 is 1. The summed E-state index contributed by atoms with van der Waals surface area (Å²) in [6.07, 6.45) is 1.83. The van der Waals surface area contributed by atoms with E-state index >= 15 is 0 Å². The molecule has 4 nitrogen and oxygen atoms in total. The van der Waals surface area contributed by atoms with Crippen molar-refractivity contribution in [1.29, 1.82) is 0 Å². The van der Waals surface area contributed by atoms with Crippen LogP contribution in [-0.2, 0) is 0 Å². The Morgan fingerprint density at radius 1 is 0.889 bits per heavy atom. The minimum atomic E-state index is -0.406. The lowest BCUT2D eigenvalue weighted by Crippen LogP contribution is -2.08. The summed E-state index contributed by atoms with van der Waals surface area (Å²) in [5.74, 6) is 0.778. The van der Waals surface area contributed by atoms with E-state index in [1.54, 1.807) is 43.5 Å². The summed E-state index contributed by atoms with van der Waals surface area (Å²) in [7, 11) is 1.58. The molecule has 1 unspecified atom stereocenters. The monoisotopic (exact) mass is 359 g/mol. The van der Waals surface area contributed by atoms with Gasteiger partial charge in [0.05, 0.1) is 18.7 Å². The Bertz CT molecular complexity index is 901. The second kappa shape index (κ2) is 8.81. The molecular formula is C23H21NO3. The van der Waals surface area contributed by atoms with Gasteiger partial charge >= 0.3 is 5.97 Å². The largest absolute Gasteiger partial charge is 0.497 e. The van der Waals surface area contributed by atoms with Crippen molar-refractivity contribution in [2.45, 2.75) is 13.0 Å². The maximum Gasteiger partial charge on any atom is 0.343 e. The second-order valence-electron chi connectivity index (χ2n) is 6.05. The molecule has 0 aliphatic rings. The molecule has 3 rings (SSSR count). The average molecular weight is 359 g/mol. The first-order chi connectivity index (χ1) is 13.2. The van der Waals surface area contributed by atoms with Crippen LogP contribution in [0, 0.1) is 0 Å². The molecule has 0 radical (unpaired) electrons. The van der Waals surface area contributed by atoms with Gasteiger partial charge in [-0.2, -0.15) is 0 Å². The molecule has 0 bridgehead atoms. The molecule has 0 saturated heterocycles. The van der Waals surface area contributed by atoms with Crippen LogP contribution in [-0.4, -0.2) is 19.3 Å². The van der Waals surface area contributed by atoms with Gasteiger partial charge in [-0.05, 0) is 66.6 Å². The Kier molecular flexibility index (Phi) is 6.00. The van der Waals surface area contributed by atoms with Crippen molar-refractivity contribution in [3.8, 4) is 11.5 Å². The van der Waals surface area contributed by atoms with E-state index in [-0.39, 0.29) is 6.04 Å². The minimum Gasteiger partial charge on any atom is -0.497 e. The van der Waals surface area contributed by atoms with E-state index in [0.717, 1.165) is 5.56 Å². The number of nitrogens with zero attached hydrogens (tertiary/aromatic N) is 1. The maximum absolute atomic E-state index is 12.2. The highest BCUT2D eigenvalue weighted by molar-refractivity contribution is 5.91. The molecule has 0 fully saturated rings. The molecule has 0 amide bonds. The van der Waals surface area contributed by atoms with Crippen LogP contribution in [0.15, 0.2) is 83.9 Å². The predicted octanol–water partition coefficient (Wildman–Crippen LogP) is 5.09. The Balaban J connectivity index is 1.61. The molecule has 0 aliphatic heterocycles. The third-order valence-electron chi connectivity index (χ3n) is 4.15. The summed E-state index contributed by atoms with van der Waals surface area (Å²) >= 11 is 0. The zero-order chi connectivity index (χ0) is 19.1. The van der Waals surface area contributed by atoms with E-state index in [2.05, 4.69) is 24.0 Å². The number of rotatable bonds is 6. The van der Waals surface area contributed by atoms with Crippen LogP contribution < -0.4 is 9.47 Å². The van der Waals surface area contributed by atoms with E-state index in [4.69, 9.17) is 9.47 Å². The zero-order valence-electron chi connectivity index (χ0n) is 15.3. The van der Waals surface area contributed by atoms with Crippen molar-refractivity contribution >= 4 is 12.2 Å². The van der Waals surface area contributed by atoms with Gasteiger partial charge in [-0.3, -0.25) is 4.99 Å². The van der Waals surface area contributed by atoms with Gasteiger partial charge in [-0.1, -0.05) is 30.3 Å². The van der Waals surface area contributed by atoms with Gasteiger partial charge in [0.15, 0.2) is 0 Å². The van der Waals surface area contributed by atoms with Crippen molar-refractivity contribution in [3.05, 3.63) is 95.6 Å². The summed E-state index contributed by atoms with van der Waals surface area (Å²) < 4.78 is 10.5. The third-order valence-corrected chi connectivity index (χ3v) is 4.15.